The first-order valence-electron chi connectivity index (χ1n) is 7.75. The van der Waals surface area contributed by atoms with Gasteiger partial charge in [0.15, 0.2) is 0 Å². The van der Waals surface area contributed by atoms with E-state index in [0.717, 1.165) is 32.4 Å². The van der Waals surface area contributed by atoms with Crippen LogP contribution in [0.2, 0.25) is 0 Å². The lowest BCUT2D eigenvalue weighted by Gasteiger charge is -2.37. The molecule has 1 saturated heterocycles. The fourth-order valence-corrected chi connectivity index (χ4v) is 2.89. The van der Waals surface area contributed by atoms with Gasteiger partial charge >= 0.3 is 12.0 Å². The Hall–Kier alpha value is -1.30. The minimum Gasteiger partial charge on any atom is -0.481 e. The van der Waals surface area contributed by atoms with Gasteiger partial charge in [-0.25, -0.2) is 4.79 Å². The van der Waals surface area contributed by atoms with Crippen LogP contribution >= 0.6 is 0 Å². The van der Waals surface area contributed by atoms with Crippen molar-refractivity contribution in [2.24, 2.45) is 5.92 Å². The first kappa shape index (κ1) is 17.8. The van der Waals surface area contributed by atoms with E-state index in [1.807, 2.05) is 23.6 Å². The summed E-state index contributed by atoms with van der Waals surface area (Å²) in [6.45, 7) is 6.61. The Kier molecular flexibility index (Phi) is 7.50. The van der Waals surface area contributed by atoms with E-state index < -0.39 is 5.97 Å². The predicted octanol–water partition coefficient (Wildman–Crippen LogP) is 2.04. The van der Waals surface area contributed by atoms with Gasteiger partial charge in [0.1, 0.15) is 0 Å². The van der Waals surface area contributed by atoms with Crippen LogP contribution in [-0.4, -0.2) is 66.3 Å². The molecule has 1 rings (SSSR count). The van der Waals surface area contributed by atoms with E-state index in [2.05, 4.69) is 0 Å². The van der Waals surface area contributed by atoms with Gasteiger partial charge in [-0.15, -0.1) is 0 Å². The molecule has 1 atom stereocenters. The topological polar surface area (TPSA) is 70.1 Å². The summed E-state index contributed by atoms with van der Waals surface area (Å²) in [5, 5.41) is 8.72. The Morgan fingerprint density at radius 2 is 2.00 bits per heavy atom. The average molecular weight is 300 g/mol. The number of hydrogen-bond donors (Lipinski definition) is 1. The lowest BCUT2D eigenvalue weighted by molar-refractivity contribution is -0.137. The predicted molar refractivity (Wildman–Crippen MR) is 80.3 cm³/mol. The molecule has 0 spiro atoms. The third-order valence-corrected chi connectivity index (χ3v) is 4.18. The Bertz CT molecular complexity index is 341. The molecule has 0 saturated carbocycles. The van der Waals surface area contributed by atoms with Gasteiger partial charge < -0.3 is 19.6 Å². The van der Waals surface area contributed by atoms with Gasteiger partial charge in [0.2, 0.25) is 0 Å². The van der Waals surface area contributed by atoms with E-state index in [1.165, 1.54) is 0 Å². The molecule has 122 valence electrons. The van der Waals surface area contributed by atoms with Crippen LogP contribution in [0.4, 0.5) is 4.79 Å². The molecule has 21 heavy (non-hydrogen) atoms. The highest BCUT2D eigenvalue weighted by Crippen LogP contribution is 2.23. The van der Waals surface area contributed by atoms with Gasteiger partial charge in [-0.05, 0) is 39.0 Å². The van der Waals surface area contributed by atoms with Crippen molar-refractivity contribution in [3.8, 4) is 0 Å². The molecule has 0 radical (unpaired) electrons. The molecule has 6 heteroatoms. The first-order valence-corrected chi connectivity index (χ1v) is 7.75. The summed E-state index contributed by atoms with van der Waals surface area (Å²) >= 11 is 0. The maximum Gasteiger partial charge on any atom is 0.320 e. The Labute approximate surface area is 127 Å². The molecular weight excluding hydrogens is 272 g/mol. The van der Waals surface area contributed by atoms with Crippen LogP contribution in [0.1, 0.15) is 39.5 Å². The van der Waals surface area contributed by atoms with Gasteiger partial charge in [-0.3, -0.25) is 4.79 Å². The first-order chi connectivity index (χ1) is 9.99. The number of carboxylic acids is 1. The van der Waals surface area contributed by atoms with Crippen molar-refractivity contribution >= 4 is 12.0 Å². The van der Waals surface area contributed by atoms with Crippen molar-refractivity contribution < 1.29 is 19.4 Å². The van der Waals surface area contributed by atoms with Crippen LogP contribution in [0.3, 0.4) is 0 Å². The molecule has 1 fully saturated rings. The summed E-state index contributed by atoms with van der Waals surface area (Å²) in [4.78, 5) is 26.8. The maximum atomic E-state index is 12.5. The second-order valence-corrected chi connectivity index (χ2v) is 5.74. The van der Waals surface area contributed by atoms with Crippen molar-refractivity contribution in [3.63, 3.8) is 0 Å². The standard InChI is InChI=1S/C15H28N2O4/c1-4-17(12(2)11-21-3)15(20)16-9-7-13(8-10-16)5-6-14(18)19/h12-13H,4-11H2,1-3H3,(H,18,19). The number of likely N-dealkylation sites (tertiary alicyclic amines) is 1. The zero-order valence-corrected chi connectivity index (χ0v) is 13.4. The largest absolute Gasteiger partial charge is 0.481 e. The third kappa shape index (κ3) is 5.53. The van der Waals surface area contributed by atoms with E-state index in [4.69, 9.17) is 9.84 Å². The van der Waals surface area contributed by atoms with Crippen molar-refractivity contribution in [1.29, 1.82) is 0 Å². The molecule has 0 aromatic rings. The molecule has 1 N–H and O–H groups in total. The van der Waals surface area contributed by atoms with Gasteiger partial charge in [-0.1, -0.05) is 0 Å². The summed E-state index contributed by atoms with van der Waals surface area (Å²) in [5.74, 6) is -0.310. The molecule has 0 bridgehead atoms. The minimum atomic E-state index is -0.737. The Morgan fingerprint density at radius 3 is 2.48 bits per heavy atom. The molecule has 1 unspecified atom stereocenters. The van der Waals surface area contributed by atoms with E-state index >= 15 is 0 Å². The highest BCUT2D eigenvalue weighted by molar-refractivity contribution is 5.75. The van der Waals surface area contributed by atoms with Crippen molar-refractivity contribution in [2.75, 3.05) is 33.4 Å². The minimum absolute atomic E-state index is 0.0669. The van der Waals surface area contributed by atoms with Gasteiger partial charge in [0.25, 0.3) is 0 Å². The quantitative estimate of drug-likeness (QED) is 0.781. The van der Waals surface area contributed by atoms with Crippen molar-refractivity contribution in [3.05, 3.63) is 0 Å². The normalized spacial score (nSPS) is 17.6. The number of amides is 2. The summed E-state index contributed by atoms with van der Waals surface area (Å²) in [6.07, 6.45) is 2.74. The lowest BCUT2D eigenvalue weighted by atomic mass is 9.92. The summed E-state index contributed by atoms with van der Waals surface area (Å²) in [6, 6.07) is 0.135. The maximum absolute atomic E-state index is 12.5. The number of ether oxygens (including phenoxy) is 1. The average Bonchev–Trinajstić information content (AvgIpc) is 2.46. The highest BCUT2D eigenvalue weighted by atomic mass is 16.5. The van der Waals surface area contributed by atoms with Crippen LogP contribution in [0.15, 0.2) is 0 Å². The number of likely N-dealkylation sites (N-methyl/N-ethyl adjacent to an activating group) is 1. The number of methoxy groups -OCH3 is 1. The van der Waals surface area contributed by atoms with Gasteiger partial charge in [0.05, 0.1) is 12.6 Å². The monoisotopic (exact) mass is 300 g/mol. The molecule has 1 aliphatic rings. The molecular formula is C15H28N2O4. The second kappa shape index (κ2) is 8.87. The summed E-state index contributed by atoms with van der Waals surface area (Å²) in [7, 11) is 1.64. The smallest absolute Gasteiger partial charge is 0.320 e. The number of rotatable bonds is 7. The fraction of sp³-hybridized carbons (Fsp3) is 0.867. The molecule has 2 amide bonds. The van der Waals surface area contributed by atoms with E-state index in [9.17, 15) is 9.59 Å². The molecule has 0 aliphatic carbocycles. The summed E-state index contributed by atoms with van der Waals surface area (Å²) < 4.78 is 5.13. The number of urea groups is 1. The van der Waals surface area contributed by atoms with Crippen molar-refractivity contribution in [2.45, 2.75) is 45.6 Å². The number of carbonyl (C=O) groups excluding carboxylic acids is 1. The van der Waals surface area contributed by atoms with E-state index in [1.54, 1.807) is 7.11 Å². The number of piperidine rings is 1. The molecule has 1 aliphatic heterocycles. The van der Waals surface area contributed by atoms with Gasteiger partial charge in [0, 0.05) is 33.2 Å². The zero-order chi connectivity index (χ0) is 15.8. The van der Waals surface area contributed by atoms with Gasteiger partial charge in [-0.2, -0.15) is 0 Å². The number of aliphatic carboxylic acids is 1. The zero-order valence-electron chi connectivity index (χ0n) is 13.4. The van der Waals surface area contributed by atoms with E-state index in [0.29, 0.717) is 19.1 Å². The number of carbonyl (C=O) groups is 2. The van der Waals surface area contributed by atoms with Crippen LogP contribution in [-0.2, 0) is 9.53 Å². The van der Waals surface area contributed by atoms with Crippen LogP contribution in [0.5, 0.6) is 0 Å². The fourth-order valence-electron chi connectivity index (χ4n) is 2.89. The molecule has 0 aromatic heterocycles. The van der Waals surface area contributed by atoms with Crippen LogP contribution in [0.25, 0.3) is 0 Å². The second-order valence-electron chi connectivity index (χ2n) is 5.74. The lowest BCUT2D eigenvalue weighted by Crippen LogP contribution is -2.50. The number of nitrogens with zero attached hydrogens (tertiary/aromatic N) is 2. The summed E-state index contributed by atoms with van der Waals surface area (Å²) in [5.41, 5.74) is 0. The van der Waals surface area contributed by atoms with E-state index in [-0.39, 0.29) is 18.5 Å². The molecule has 6 nitrogen and oxygen atoms in total. The van der Waals surface area contributed by atoms with Crippen LogP contribution < -0.4 is 0 Å². The SMILES string of the molecule is CCN(C(=O)N1CCC(CCC(=O)O)CC1)C(C)COC. The van der Waals surface area contributed by atoms with Crippen LogP contribution in [0, 0.1) is 5.92 Å². The Morgan fingerprint density at radius 1 is 1.38 bits per heavy atom. The molecule has 0 aromatic carbocycles. The number of carboxylic acid groups (broad SMARTS) is 1. The van der Waals surface area contributed by atoms with Crippen molar-refractivity contribution in [1.82, 2.24) is 9.80 Å². The number of hydrogen-bond acceptors (Lipinski definition) is 3. The highest BCUT2D eigenvalue weighted by Gasteiger charge is 2.28. The third-order valence-electron chi connectivity index (χ3n) is 4.18. The Balaban J connectivity index is 2.44. The molecule has 1 heterocycles.